The first-order chi connectivity index (χ1) is 10.2. The zero-order valence-electron chi connectivity index (χ0n) is 12.9. The number of carbonyl (C=O) groups excluding carboxylic acids is 1. The molecule has 1 saturated heterocycles. The predicted molar refractivity (Wildman–Crippen MR) is 85.8 cm³/mol. The van der Waals surface area contributed by atoms with Gasteiger partial charge in [0.2, 0.25) is 0 Å². The molecule has 1 aliphatic heterocycles. The zero-order valence-corrected chi connectivity index (χ0v) is 12.9. The monoisotopic (exact) mass is 291 g/mol. The fourth-order valence-corrected chi connectivity index (χ4v) is 2.66. The van der Waals surface area contributed by atoms with Crippen LogP contribution in [0.25, 0.3) is 0 Å². The number of nitrogens with zero attached hydrogens (tertiary/aromatic N) is 1. The van der Waals surface area contributed by atoms with Crippen LogP contribution in [0.3, 0.4) is 0 Å². The molecule has 0 aliphatic carbocycles. The molecule has 2 rings (SSSR count). The Morgan fingerprint density at radius 1 is 1.33 bits per heavy atom. The van der Waals surface area contributed by atoms with Gasteiger partial charge < -0.3 is 15.0 Å². The summed E-state index contributed by atoms with van der Waals surface area (Å²) >= 11 is 0. The van der Waals surface area contributed by atoms with E-state index in [0.717, 1.165) is 24.5 Å². The number of hydrogen-bond donors (Lipinski definition) is 2. The van der Waals surface area contributed by atoms with Gasteiger partial charge in [0.1, 0.15) is 0 Å². The number of rotatable bonds is 5. The maximum absolute atomic E-state index is 11.3. The maximum Gasteiger partial charge on any atom is 0.411 e. The van der Waals surface area contributed by atoms with Gasteiger partial charge in [-0.2, -0.15) is 0 Å². The van der Waals surface area contributed by atoms with E-state index in [-0.39, 0.29) is 0 Å². The zero-order chi connectivity index (χ0) is 15.1. The fraction of sp³-hybridized carbons (Fsp3) is 0.562. The van der Waals surface area contributed by atoms with Gasteiger partial charge in [0.25, 0.3) is 0 Å². The second-order valence-electron chi connectivity index (χ2n) is 5.57. The highest BCUT2D eigenvalue weighted by Gasteiger charge is 2.16. The molecule has 1 amide bonds. The number of carbonyl (C=O) groups is 1. The van der Waals surface area contributed by atoms with Crippen LogP contribution in [-0.4, -0.2) is 44.3 Å². The number of piperidine rings is 1. The smallest absolute Gasteiger partial charge is 0.411 e. The number of ether oxygens (including phenoxy) is 1. The summed E-state index contributed by atoms with van der Waals surface area (Å²) in [6, 6.07) is 7.72. The predicted octanol–water partition coefficient (Wildman–Crippen LogP) is 3.01. The molecule has 5 heteroatoms. The summed E-state index contributed by atoms with van der Waals surface area (Å²) in [5, 5.41) is 6.16. The Bertz CT molecular complexity index is 447. The van der Waals surface area contributed by atoms with Gasteiger partial charge in [-0.15, -0.1) is 0 Å². The molecule has 21 heavy (non-hydrogen) atoms. The largest absolute Gasteiger partial charge is 0.450 e. The van der Waals surface area contributed by atoms with E-state index >= 15 is 0 Å². The second kappa shape index (κ2) is 7.88. The van der Waals surface area contributed by atoms with Gasteiger partial charge in [-0.1, -0.05) is 0 Å². The Hall–Kier alpha value is -1.75. The Kier molecular flexibility index (Phi) is 5.87. The van der Waals surface area contributed by atoms with Crippen LogP contribution in [0.2, 0.25) is 0 Å². The average Bonchev–Trinajstić information content (AvgIpc) is 2.47. The lowest BCUT2D eigenvalue weighted by Crippen LogP contribution is -2.35. The van der Waals surface area contributed by atoms with Crippen LogP contribution in [-0.2, 0) is 4.74 Å². The molecule has 5 nitrogen and oxygen atoms in total. The van der Waals surface area contributed by atoms with E-state index in [1.165, 1.54) is 19.4 Å². The van der Waals surface area contributed by atoms with Gasteiger partial charge in [-0.05, 0) is 63.5 Å². The highest BCUT2D eigenvalue weighted by molar-refractivity contribution is 5.84. The van der Waals surface area contributed by atoms with E-state index in [2.05, 4.69) is 22.6 Å². The number of benzene rings is 1. The number of anilines is 2. The minimum Gasteiger partial charge on any atom is -0.450 e. The normalized spacial score (nSPS) is 19.0. The van der Waals surface area contributed by atoms with Crippen LogP contribution in [0.4, 0.5) is 16.2 Å². The Labute approximate surface area is 126 Å². The van der Waals surface area contributed by atoms with Gasteiger partial charge in [-0.3, -0.25) is 5.32 Å². The Morgan fingerprint density at radius 2 is 2.05 bits per heavy atom. The van der Waals surface area contributed by atoms with Gasteiger partial charge in [0, 0.05) is 24.5 Å². The van der Waals surface area contributed by atoms with E-state index in [0.29, 0.717) is 12.5 Å². The van der Waals surface area contributed by atoms with E-state index in [9.17, 15) is 4.79 Å². The van der Waals surface area contributed by atoms with Crippen molar-refractivity contribution >= 4 is 17.5 Å². The molecule has 0 aromatic heterocycles. The molecule has 1 aliphatic rings. The molecular weight excluding hydrogens is 266 g/mol. The van der Waals surface area contributed by atoms with Crippen LogP contribution in [0.5, 0.6) is 0 Å². The van der Waals surface area contributed by atoms with Gasteiger partial charge in [-0.25, -0.2) is 4.79 Å². The van der Waals surface area contributed by atoms with Crippen molar-refractivity contribution in [3.63, 3.8) is 0 Å². The summed E-state index contributed by atoms with van der Waals surface area (Å²) in [5.74, 6) is 0.709. The highest BCUT2D eigenvalue weighted by Crippen LogP contribution is 2.18. The molecule has 0 spiro atoms. The van der Waals surface area contributed by atoms with Gasteiger partial charge >= 0.3 is 6.09 Å². The lowest BCUT2D eigenvalue weighted by atomic mass is 9.98. The van der Waals surface area contributed by atoms with E-state index in [1.807, 2.05) is 24.3 Å². The number of hydrogen-bond acceptors (Lipinski definition) is 4. The first kappa shape index (κ1) is 15.6. The van der Waals surface area contributed by atoms with Gasteiger partial charge in [0.05, 0.1) is 6.61 Å². The third-order valence-electron chi connectivity index (χ3n) is 3.72. The quantitative estimate of drug-likeness (QED) is 0.875. The Morgan fingerprint density at radius 3 is 2.71 bits per heavy atom. The topological polar surface area (TPSA) is 53.6 Å². The van der Waals surface area contributed by atoms with Crippen molar-refractivity contribution in [1.29, 1.82) is 0 Å². The van der Waals surface area contributed by atoms with Crippen LogP contribution in [0, 0.1) is 5.92 Å². The third-order valence-corrected chi connectivity index (χ3v) is 3.72. The molecule has 116 valence electrons. The summed E-state index contributed by atoms with van der Waals surface area (Å²) in [7, 11) is 2.18. The lowest BCUT2D eigenvalue weighted by molar-refractivity contribution is 0.168. The van der Waals surface area contributed by atoms with Crippen molar-refractivity contribution in [2.45, 2.75) is 19.8 Å². The lowest BCUT2D eigenvalue weighted by Gasteiger charge is -2.30. The van der Waals surface area contributed by atoms with Crippen molar-refractivity contribution in [1.82, 2.24) is 4.90 Å². The summed E-state index contributed by atoms with van der Waals surface area (Å²) in [6.45, 7) is 5.53. The molecule has 2 N–H and O–H groups in total. The van der Waals surface area contributed by atoms with Crippen LogP contribution >= 0.6 is 0 Å². The third kappa shape index (κ3) is 5.27. The Balaban J connectivity index is 1.78. The summed E-state index contributed by atoms with van der Waals surface area (Å²) in [5.41, 5.74) is 1.83. The van der Waals surface area contributed by atoms with Crippen LogP contribution < -0.4 is 10.6 Å². The van der Waals surface area contributed by atoms with Crippen LogP contribution in [0.1, 0.15) is 19.8 Å². The minimum absolute atomic E-state index is 0.376. The van der Waals surface area contributed by atoms with E-state index in [4.69, 9.17) is 4.74 Å². The number of nitrogens with one attached hydrogen (secondary N) is 2. The molecular formula is C16H25N3O2. The van der Waals surface area contributed by atoms with Crippen molar-refractivity contribution in [3.8, 4) is 0 Å². The summed E-state index contributed by atoms with van der Waals surface area (Å²) < 4.78 is 4.84. The van der Waals surface area contributed by atoms with Crippen molar-refractivity contribution < 1.29 is 9.53 Å². The SMILES string of the molecule is CCOC(=O)Nc1ccc(NCC2CCCN(C)C2)cc1. The standard InChI is InChI=1S/C16H25N3O2/c1-3-21-16(20)18-15-8-6-14(7-9-15)17-11-13-5-4-10-19(2)12-13/h6-9,13,17H,3-5,10-12H2,1-2H3,(H,18,20). The van der Waals surface area contributed by atoms with Crippen molar-refractivity contribution in [2.75, 3.05) is 43.9 Å². The number of amides is 1. The molecule has 0 bridgehead atoms. The first-order valence-electron chi connectivity index (χ1n) is 7.63. The van der Waals surface area contributed by atoms with E-state index in [1.54, 1.807) is 6.92 Å². The molecule has 1 unspecified atom stereocenters. The molecule has 1 fully saturated rings. The maximum atomic E-state index is 11.3. The molecule has 1 aromatic carbocycles. The van der Waals surface area contributed by atoms with Crippen molar-refractivity contribution in [3.05, 3.63) is 24.3 Å². The second-order valence-corrected chi connectivity index (χ2v) is 5.57. The molecule has 0 saturated carbocycles. The summed E-state index contributed by atoms with van der Waals surface area (Å²) in [4.78, 5) is 13.7. The van der Waals surface area contributed by atoms with Crippen LogP contribution in [0.15, 0.2) is 24.3 Å². The molecule has 1 aromatic rings. The molecule has 1 heterocycles. The van der Waals surface area contributed by atoms with Crippen molar-refractivity contribution in [2.24, 2.45) is 5.92 Å². The highest BCUT2D eigenvalue weighted by atomic mass is 16.5. The van der Waals surface area contributed by atoms with E-state index < -0.39 is 6.09 Å². The fourth-order valence-electron chi connectivity index (χ4n) is 2.66. The average molecular weight is 291 g/mol. The number of likely N-dealkylation sites (tertiary alicyclic amines) is 1. The first-order valence-corrected chi connectivity index (χ1v) is 7.63. The van der Waals surface area contributed by atoms with Gasteiger partial charge in [0.15, 0.2) is 0 Å². The minimum atomic E-state index is -0.413. The molecule has 0 radical (unpaired) electrons. The molecule has 1 atom stereocenters. The summed E-state index contributed by atoms with van der Waals surface area (Å²) in [6.07, 6.45) is 2.16.